The summed E-state index contributed by atoms with van der Waals surface area (Å²) in [5.74, 6) is 0. The average Bonchev–Trinajstić information content (AvgIpc) is 2.03. The third-order valence-electron chi connectivity index (χ3n) is 2.08. The van der Waals surface area contributed by atoms with Gasteiger partial charge in [-0.25, -0.2) is 0 Å². The van der Waals surface area contributed by atoms with E-state index >= 15 is 0 Å². The van der Waals surface area contributed by atoms with Gasteiger partial charge in [-0.1, -0.05) is 26.2 Å². The van der Waals surface area contributed by atoms with Gasteiger partial charge >= 0.3 is 0 Å². The van der Waals surface area contributed by atoms with Gasteiger partial charge in [-0.3, -0.25) is 4.90 Å². The highest BCUT2D eigenvalue weighted by Crippen LogP contribution is 2.01. The van der Waals surface area contributed by atoms with Crippen molar-refractivity contribution in [1.82, 2.24) is 4.90 Å². The van der Waals surface area contributed by atoms with Crippen LogP contribution in [0.3, 0.4) is 0 Å². The molecule has 0 aliphatic rings. The fourth-order valence-corrected chi connectivity index (χ4v) is 0.932. The normalized spacial score (nSPS) is 13.8. The van der Waals surface area contributed by atoms with Crippen molar-refractivity contribution < 1.29 is 4.74 Å². The fraction of sp³-hybridized carbons (Fsp3) is 1.00. The Labute approximate surface area is 76.9 Å². The minimum Gasteiger partial charge on any atom is -0.363 e. The van der Waals surface area contributed by atoms with Gasteiger partial charge in [0.2, 0.25) is 0 Å². The van der Waals surface area contributed by atoms with E-state index in [4.69, 9.17) is 4.74 Å². The van der Waals surface area contributed by atoms with E-state index in [9.17, 15) is 0 Å². The second kappa shape index (κ2) is 7.56. The van der Waals surface area contributed by atoms with Crippen LogP contribution in [0.1, 0.15) is 39.5 Å². The number of nitrogens with zero attached hydrogens (tertiary/aromatic N) is 1. The maximum atomic E-state index is 5.58. The topological polar surface area (TPSA) is 12.5 Å². The van der Waals surface area contributed by atoms with Crippen molar-refractivity contribution in [3.63, 3.8) is 0 Å². The maximum Gasteiger partial charge on any atom is 0.107 e. The van der Waals surface area contributed by atoms with E-state index in [1.165, 1.54) is 25.7 Å². The summed E-state index contributed by atoms with van der Waals surface area (Å²) in [4.78, 5) is 2.08. The zero-order chi connectivity index (χ0) is 9.40. The van der Waals surface area contributed by atoms with Gasteiger partial charge in [0, 0.05) is 6.61 Å². The predicted octanol–water partition coefficient (Wildman–Crippen LogP) is 2.49. The third kappa shape index (κ3) is 6.62. The van der Waals surface area contributed by atoms with Crippen molar-refractivity contribution in [2.45, 2.75) is 45.8 Å². The summed E-state index contributed by atoms with van der Waals surface area (Å²) >= 11 is 0. The Morgan fingerprint density at radius 3 is 2.33 bits per heavy atom. The Morgan fingerprint density at radius 1 is 1.17 bits per heavy atom. The molecule has 0 amide bonds. The molecule has 0 heterocycles. The van der Waals surface area contributed by atoms with E-state index in [2.05, 4.69) is 18.7 Å². The largest absolute Gasteiger partial charge is 0.363 e. The van der Waals surface area contributed by atoms with Gasteiger partial charge in [0.25, 0.3) is 0 Å². The van der Waals surface area contributed by atoms with Gasteiger partial charge in [-0.05, 0) is 27.4 Å². The molecule has 2 heteroatoms. The summed E-state index contributed by atoms with van der Waals surface area (Å²) in [5, 5.41) is 0. The average molecular weight is 173 g/mol. The molecule has 0 rings (SSSR count). The zero-order valence-corrected chi connectivity index (χ0v) is 8.97. The van der Waals surface area contributed by atoms with E-state index in [-0.39, 0.29) is 6.23 Å². The minimum absolute atomic E-state index is 0.256. The quantitative estimate of drug-likeness (QED) is 0.433. The van der Waals surface area contributed by atoms with Crippen molar-refractivity contribution >= 4 is 0 Å². The molecular formula is C10H23NO. The van der Waals surface area contributed by atoms with Gasteiger partial charge in [0.05, 0.1) is 0 Å². The molecule has 0 aromatic heterocycles. The number of hydrogen-bond donors (Lipinski definition) is 0. The molecule has 2 nitrogen and oxygen atoms in total. The number of rotatable bonds is 7. The third-order valence-corrected chi connectivity index (χ3v) is 2.08. The lowest BCUT2D eigenvalue weighted by Gasteiger charge is -2.19. The van der Waals surface area contributed by atoms with Crippen molar-refractivity contribution in [3.8, 4) is 0 Å². The van der Waals surface area contributed by atoms with Gasteiger partial charge in [-0.2, -0.15) is 0 Å². The molecule has 0 saturated heterocycles. The second-order valence-electron chi connectivity index (χ2n) is 3.49. The molecule has 74 valence electrons. The molecule has 0 radical (unpaired) electrons. The molecule has 12 heavy (non-hydrogen) atoms. The summed E-state index contributed by atoms with van der Waals surface area (Å²) in [6.45, 7) is 5.21. The molecule has 0 aromatic carbocycles. The van der Waals surface area contributed by atoms with Crippen LogP contribution in [0.15, 0.2) is 0 Å². The lowest BCUT2D eigenvalue weighted by Crippen LogP contribution is -2.27. The highest BCUT2D eigenvalue weighted by atomic mass is 16.5. The Bertz CT molecular complexity index is 93.8. The van der Waals surface area contributed by atoms with Crippen LogP contribution in [0.5, 0.6) is 0 Å². The highest BCUT2D eigenvalue weighted by Gasteiger charge is 2.02. The molecule has 0 N–H and O–H groups in total. The van der Waals surface area contributed by atoms with Crippen LogP contribution in [0.4, 0.5) is 0 Å². The first-order chi connectivity index (χ1) is 5.68. The standard InChI is InChI=1S/C10H23NO/c1-5-6-7-8-9-12-10(2)11(3)4/h10H,5-9H2,1-4H3. The van der Waals surface area contributed by atoms with Crippen LogP contribution >= 0.6 is 0 Å². The molecular weight excluding hydrogens is 150 g/mol. The van der Waals surface area contributed by atoms with E-state index in [1.54, 1.807) is 0 Å². The van der Waals surface area contributed by atoms with Crippen LogP contribution in [0, 0.1) is 0 Å². The summed E-state index contributed by atoms with van der Waals surface area (Å²) in [6.07, 6.45) is 5.39. The predicted molar refractivity (Wildman–Crippen MR) is 53.2 cm³/mol. The van der Waals surface area contributed by atoms with Crippen LogP contribution in [0.2, 0.25) is 0 Å². The first-order valence-corrected chi connectivity index (χ1v) is 4.96. The van der Waals surface area contributed by atoms with Gasteiger partial charge in [-0.15, -0.1) is 0 Å². The molecule has 0 aliphatic carbocycles. The minimum atomic E-state index is 0.256. The van der Waals surface area contributed by atoms with E-state index in [0.29, 0.717) is 0 Å². The molecule has 1 unspecified atom stereocenters. The first kappa shape index (κ1) is 11.9. The Kier molecular flexibility index (Phi) is 7.51. The first-order valence-electron chi connectivity index (χ1n) is 4.96. The monoisotopic (exact) mass is 173 g/mol. The lowest BCUT2D eigenvalue weighted by atomic mass is 10.2. The summed E-state index contributed by atoms with van der Waals surface area (Å²) in [6, 6.07) is 0. The van der Waals surface area contributed by atoms with Crippen LogP contribution in [-0.4, -0.2) is 31.8 Å². The molecule has 0 spiro atoms. The van der Waals surface area contributed by atoms with E-state index < -0.39 is 0 Å². The lowest BCUT2D eigenvalue weighted by molar-refractivity contribution is -0.0240. The summed E-state index contributed by atoms with van der Waals surface area (Å²) in [7, 11) is 4.08. The maximum absolute atomic E-state index is 5.58. The van der Waals surface area contributed by atoms with E-state index in [0.717, 1.165) is 6.61 Å². The summed E-state index contributed by atoms with van der Waals surface area (Å²) in [5.41, 5.74) is 0. The van der Waals surface area contributed by atoms with Crippen LogP contribution in [0.25, 0.3) is 0 Å². The molecule has 0 bridgehead atoms. The van der Waals surface area contributed by atoms with Gasteiger partial charge in [0.1, 0.15) is 6.23 Å². The van der Waals surface area contributed by atoms with Gasteiger partial charge in [0.15, 0.2) is 0 Å². The molecule has 0 saturated carbocycles. The molecule has 0 aromatic rings. The van der Waals surface area contributed by atoms with Crippen LogP contribution < -0.4 is 0 Å². The SMILES string of the molecule is CCCCCCOC(C)N(C)C. The van der Waals surface area contributed by atoms with Crippen molar-refractivity contribution in [3.05, 3.63) is 0 Å². The zero-order valence-electron chi connectivity index (χ0n) is 8.97. The Hall–Kier alpha value is -0.0800. The highest BCUT2D eigenvalue weighted by molar-refractivity contribution is 4.45. The van der Waals surface area contributed by atoms with Crippen LogP contribution in [-0.2, 0) is 4.74 Å². The number of unbranched alkanes of at least 4 members (excludes halogenated alkanes) is 3. The summed E-state index contributed by atoms with van der Waals surface area (Å²) < 4.78 is 5.58. The van der Waals surface area contributed by atoms with Crippen molar-refractivity contribution in [2.75, 3.05) is 20.7 Å². The van der Waals surface area contributed by atoms with Gasteiger partial charge < -0.3 is 4.74 Å². The number of ether oxygens (including phenoxy) is 1. The van der Waals surface area contributed by atoms with E-state index in [1.807, 2.05) is 14.1 Å². The molecule has 1 atom stereocenters. The second-order valence-corrected chi connectivity index (χ2v) is 3.49. The Balaban J connectivity index is 3.08. The number of hydrogen-bond acceptors (Lipinski definition) is 2. The smallest absolute Gasteiger partial charge is 0.107 e. The molecule has 0 aliphatic heterocycles. The Morgan fingerprint density at radius 2 is 1.83 bits per heavy atom. The van der Waals surface area contributed by atoms with Crippen molar-refractivity contribution in [2.24, 2.45) is 0 Å². The molecule has 0 fully saturated rings. The fourth-order valence-electron chi connectivity index (χ4n) is 0.932. The van der Waals surface area contributed by atoms with Crippen molar-refractivity contribution in [1.29, 1.82) is 0 Å².